The molecule has 0 spiro atoms. The lowest BCUT2D eigenvalue weighted by atomic mass is 10.2. The summed E-state index contributed by atoms with van der Waals surface area (Å²) in [6, 6.07) is 12.5. The molecule has 3 rings (SSSR count). The van der Waals surface area contributed by atoms with Gasteiger partial charge in [-0.15, -0.1) is 18.3 Å². The van der Waals surface area contributed by atoms with E-state index in [1.54, 1.807) is 35.9 Å². The molecule has 0 aliphatic carbocycles. The van der Waals surface area contributed by atoms with Gasteiger partial charge in [0.1, 0.15) is 11.6 Å². The number of anilines is 1. The number of nitrogens with zero attached hydrogens (tertiary/aromatic N) is 3. The van der Waals surface area contributed by atoms with E-state index in [1.807, 2.05) is 0 Å². The lowest BCUT2D eigenvalue weighted by Crippen LogP contribution is -2.17. The molecule has 3 aromatic rings. The summed E-state index contributed by atoms with van der Waals surface area (Å²) in [7, 11) is 0. The number of rotatable bonds is 3. The van der Waals surface area contributed by atoms with Crippen molar-refractivity contribution >= 4 is 5.69 Å². The van der Waals surface area contributed by atoms with E-state index < -0.39 is 6.36 Å². The van der Waals surface area contributed by atoms with Gasteiger partial charge in [-0.25, -0.2) is 9.67 Å². The normalized spacial score (nSPS) is 11.5. The Morgan fingerprint density at radius 3 is 2.21 bits per heavy atom. The van der Waals surface area contributed by atoms with E-state index in [2.05, 4.69) is 14.8 Å². The SMILES string of the molecule is Cc1nc(-c2ccc(N)cc2)nn1-c1ccc(OC(F)(F)F)cc1. The summed E-state index contributed by atoms with van der Waals surface area (Å²) in [5.74, 6) is 0.817. The third-order valence-corrected chi connectivity index (χ3v) is 3.25. The van der Waals surface area contributed by atoms with Crippen molar-refractivity contribution in [2.75, 3.05) is 5.73 Å². The highest BCUT2D eigenvalue weighted by Gasteiger charge is 2.31. The van der Waals surface area contributed by atoms with Crippen LogP contribution in [0.3, 0.4) is 0 Å². The van der Waals surface area contributed by atoms with Gasteiger partial charge in [0.05, 0.1) is 5.69 Å². The van der Waals surface area contributed by atoms with Crippen molar-refractivity contribution in [2.24, 2.45) is 0 Å². The molecule has 0 unspecified atom stereocenters. The molecule has 0 fully saturated rings. The van der Waals surface area contributed by atoms with E-state index in [1.165, 1.54) is 24.3 Å². The fourth-order valence-corrected chi connectivity index (χ4v) is 2.18. The summed E-state index contributed by atoms with van der Waals surface area (Å²) in [6.07, 6.45) is -4.72. The van der Waals surface area contributed by atoms with Crippen LogP contribution < -0.4 is 10.5 Å². The van der Waals surface area contributed by atoms with Gasteiger partial charge in [-0.2, -0.15) is 0 Å². The molecule has 0 aliphatic rings. The molecule has 0 bridgehead atoms. The molecule has 0 aliphatic heterocycles. The van der Waals surface area contributed by atoms with Gasteiger partial charge in [0.2, 0.25) is 0 Å². The van der Waals surface area contributed by atoms with E-state index in [-0.39, 0.29) is 5.75 Å². The number of benzene rings is 2. The molecule has 2 aromatic carbocycles. The third kappa shape index (κ3) is 3.48. The van der Waals surface area contributed by atoms with Crippen LogP contribution in [0.2, 0.25) is 0 Å². The van der Waals surface area contributed by atoms with Crippen molar-refractivity contribution in [2.45, 2.75) is 13.3 Å². The van der Waals surface area contributed by atoms with Crippen molar-refractivity contribution in [3.05, 3.63) is 54.4 Å². The first-order valence-corrected chi connectivity index (χ1v) is 6.97. The molecule has 8 heteroatoms. The Morgan fingerprint density at radius 2 is 1.62 bits per heavy atom. The maximum atomic E-state index is 12.2. The van der Waals surface area contributed by atoms with Crippen molar-refractivity contribution < 1.29 is 17.9 Å². The van der Waals surface area contributed by atoms with Gasteiger partial charge >= 0.3 is 6.36 Å². The Bertz CT molecular complexity index is 839. The number of nitrogen functional groups attached to an aromatic ring is 1. The summed E-state index contributed by atoms with van der Waals surface area (Å²) in [6.45, 7) is 1.76. The first-order chi connectivity index (χ1) is 11.3. The fourth-order valence-electron chi connectivity index (χ4n) is 2.18. The van der Waals surface area contributed by atoms with E-state index in [9.17, 15) is 13.2 Å². The number of alkyl halides is 3. The third-order valence-electron chi connectivity index (χ3n) is 3.25. The monoisotopic (exact) mass is 334 g/mol. The van der Waals surface area contributed by atoms with E-state index in [0.717, 1.165) is 5.56 Å². The lowest BCUT2D eigenvalue weighted by Gasteiger charge is -2.09. The number of hydrogen-bond donors (Lipinski definition) is 1. The van der Waals surface area contributed by atoms with Gasteiger partial charge in [0, 0.05) is 11.3 Å². The van der Waals surface area contributed by atoms with Gasteiger partial charge in [0.15, 0.2) is 5.82 Å². The molecule has 0 saturated heterocycles. The van der Waals surface area contributed by atoms with Crippen LogP contribution in [0.25, 0.3) is 17.1 Å². The summed E-state index contributed by atoms with van der Waals surface area (Å²) in [5, 5.41) is 4.39. The van der Waals surface area contributed by atoms with Gasteiger partial charge in [-0.3, -0.25) is 0 Å². The largest absolute Gasteiger partial charge is 0.573 e. The number of hydrogen-bond acceptors (Lipinski definition) is 4. The van der Waals surface area contributed by atoms with Crippen LogP contribution in [0.1, 0.15) is 5.82 Å². The second-order valence-electron chi connectivity index (χ2n) is 5.06. The Balaban J connectivity index is 1.88. The number of aromatic nitrogens is 3. The lowest BCUT2D eigenvalue weighted by molar-refractivity contribution is -0.274. The zero-order valence-corrected chi connectivity index (χ0v) is 12.6. The van der Waals surface area contributed by atoms with E-state index in [4.69, 9.17) is 5.73 Å². The molecule has 5 nitrogen and oxygen atoms in total. The molecule has 1 heterocycles. The topological polar surface area (TPSA) is 66.0 Å². The average Bonchev–Trinajstić information content (AvgIpc) is 2.89. The van der Waals surface area contributed by atoms with Gasteiger partial charge < -0.3 is 10.5 Å². The van der Waals surface area contributed by atoms with Crippen molar-refractivity contribution in [3.63, 3.8) is 0 Å². The minimum absolute atomic E-state index is 0.289. The van der Waals surface area contributed by atoms with Crippen LogP contribution in [0.15, 0.2) is 48.5 Å². The first kappa shape index (κ1) is 15.9. The van der Waals surface area contributed by atoms with E-state index in [0.29, 0.717) is 23.0 Å². The number of halogens is 3. The summed E-state index contributed by atoms with van der Waals surface area (Å²) >= 11 is 0. The van der Waals surface area contributed by atoms with Crippen LogP contribution >= 0.6 is 0 Å². The second kappa shape index (κ2) is 5.88. The van der Waals surface area contributed by atoms with Crippen LogP contribution in [-0.2, 0) is 0 Å². The molecule has 0 amide bonds. The van der Waals surface area contributed by atoms with Crippen LogP contribution in [-0.4, -0.2) is 21.1 Å². The van der Waals surface area contributed by atoms with Crippen molar-refractivity contribution in [1.82, 2.24) is 14.8 Å². The van der Waals surface area contributed by atoms with Gasteiger partial charge in [0.25, 0.3) is 0 Å². The predicted octanol–water partition coefficient (Wildman–Crippen LogP) is 3.72. The van der Waals surface area contributed by atoms with Crippen LogP contribution in [0, 0.1) is 6.92 Å². The molecule has 24 heavy (non-hydrogen) atoms. The molecular weight excluding hydrogens is 321 g/mol. The number of aryl methyl sites for hydroxylation is 1. The minimum atomic E-state index is -4.72. The number of nitrogens with two attached hydrogens (primary N) is 1. The Morgan fingerprint density at radius 1 is 1.00 bits per heavy atom. The second-order valence-corrected chi connectivity index (χ2v) is 5.06. The van der Waals surface area contributed by atoms with Crippen LogP contribution in [0.5, 0.6) is 5.75 Å². The minimum Gasteiger partial charge on any atom is -0.406 e. The molecule has 0 saturated carbocycles. The average molecular weight is 334 g/mol. The Labute approximate surface area is 135 Å². The van der Waals surface area contributed by atoms with Crippen LogP contribution in [0.4, 0.5) is 18.9 Å². The summed E-state index contributed by atoms with van der Waals surface area (Å²) in [4.78, 5) is 4.37. The molecule has 124 valence electrons. The standard InChI is InChI=1S/C16H13F3N4O/c1-10-21-15(11-2-4-12(20)5-3-11)22-23(10)13-6-8-14(9-7-13)24-16(17,18)19/h2-9H,20H2,1H3. The maximum Gasteiger partial charge on any atom is 0.573 e. The van der Waals surface area contributed by atoms with Crippen molar-refractivity contribution in [1.29, 1.82) is 0 Å². The predicted molar refractivity (Wildman–Crippen MR) is 82.6 cm³/mol. The summed E-state index contributed by atoms with van der Waals surface area (Å²) in [5.41, 5.74) is 7.66. The maximum absolute atomic E-state index is 12.2. The smallest absolute Gasteiger partial charge is 0.406 e. The molecule has 0 atom stereocenters. The fraction of sp³-hybridized carbons (Fsp3) is 0.125. The van der Waals surface area contributed by atoms with Gasteiger partial charge in [-0.1, -0.05) is 0 Å². The number of ether oxygens (including phenoxy) is 1. The highest BCUT2D eigenvalue weighted by Crippen LogP contribution is 2.24. The first-order valence-electron chi connectivity index (χ1n) is 6.97. The molecule has 1 aromatic heterocycles. The Kier molecular flexibility index (Phi) is 3.88. The van der Waals surface area contributed by atoms with Crippen molar-refractivity contribution in [3.8, 4) is 22.8 Å². The summed E-state index contributed by atoms with van der Waals surface area (Å²) < 4.78 is 42.0. The highest BCUT2D eigenvalue weighted by molar-refractivity contribution is 5.58. The molecule has 2 N–H and O–H groups in total. The van der Waals surface area contributed by atoms with E-state index >= 15 is 0 Å². The zero-order valence-electron chi connectivity index (χ0n) is 12.6. The quantitative estimate of drug-likeness (QED) is 0.741. The molecular formula is C16H13F3N4O. The Hall–Kier alpha value is -3.03. The molecule has 0 radical (unpaired) electrons. The van der Waals surface area contributed by atoms with Gasteiger partial charge in [-0.05, 0) is 55.5 Å². The zero-order chi connectivity index (χ0) is 17.3. The highest BCUT2D eigenvalue weighted by atomic mass is 19.4.